The van der Waals surface area contributed by atoms with Crippen LogP contribution in [0, 0.1) is 10.1 Å². The minimum atomic E-state index is -0.490. The van der Waals surface area contributed by atoms with E-state index in [9.17, 15) is 14.9 Å². The molecule has 10 heteroatoms. The number of nitrogens with zero attached hydrogens (tertiary/aromatic N) is 3. The van der Waals surface area contributed by atoms with E-state index in [2.05, 4.69) is 15.3 Å². The Balaban J connectivity index is 1.34. The van der Waals surface area contributed by atoms with Crippen molar-refractivity contribution in [2.24, 2.45) is 0 Å². The number of thioether (sulfide) groups is 1. The van der Waals surface area contributed by atoms with Gasteiger partial charge in [-0.25, -0.2) is 9.97 Å². The molecule has 0 aliphatic rings. The van der Waals surface area contributed by atoms with E-state index in [1.807, 2.05) is 24.3 Å². The molecular weight excluding hydrogens is 432 g/mol. The molecule has 0 aliphatic carbocycles. The Morgan fingerprint density at radius 3 is 2.59 bits per heavy atom. The number of fused-ring (bicyclic) bond motifs is 2. The number of hydrogen-bond donors (Lipinski definition) is 1. The summed E-state index contributed by atoms with van der Waals surface area (Å²) in [4.78, 5) is 31.8. The highest BCUT2D eigenvalue weighted by Gasteiger charge is 2.17. The molecule has 0 spiro atoms. The van der Waals surface area contributed by atoms with Crippen LogP contribution < -0.4 is 5.32 Å². The molecule has 5 aromatic rings. The molecule has 2 aromatic heterocycles. The number of anilines is 1. The number of non-ortho nitro benzene ring substituents is 1. The van der Waals surface area contributed by atoms with Gasteiger partial charge in [0.15, 0.2) is 11.2 Å². The fourth-order valence-corrected chi connectivity index (χ4v) is 3.79. The molecule has 9 nitrogen and oxygen atoms in total. The number of carbonyl (C=O) groups excluding carboxylic acids is 1. The summed E-state index contributed by atoms with van der Waals surface area (Å²) in [6.45, 7) is 0. The number of rotatable bonds is 6. The number of nitro groups is 1. The quantitative estimate of drug-likeness (QED) is 0.212. The molecule has 0 bridgehead atoms. The van der Waals surface area contributed by atoms with Crippen LogP contribution in [0.5, 0.6) is 0 Å². The lowest BCUT2D eigenvalue weighted by Gasteiger charge is -2.08. The number of hydrogen-bond acceptors (Lipinski definition) is 8. The summed E-state index contributed by atoms with van der Waals surface area (Å²) in [7, 11) is 0. The maximum Gasteiger partial charge on any atom is 0.271 e. The van der Waals surface area contributed by atoms with E-state index in [1.165, 1.54) is 30.0 Å². The Hall–Kier alpha value is -4.18. The van der Waals surface area contributed by atoms with Gasteiger partial charge in [-0.05, 0) is 30.3 Å². The summed E-state index contributed by atoms with van der Waals surface area (Å²) < 4.78 is 11.4. The van der Waals surface area contributed by atoms with E-state index in [4.69, 9.17) is 8.83 Å². The molecule has 0 radical (unpaired) electrons. The minimum absolute atomic E-state index is 0.0739. The molecule has 32 heavy (non-hydrogen) atoms. The number of nitrogens with one attached hydrogen (secondary N) is 1. The molecule has 0 saturated carbocycles. The molecular formula is C22H14N4O5S. The van der Waals surface area contributed by atoms with Gasteiger partial charge in [0.25, 0.3) is 10.9 Å². The van der Waals surface area contributed by atoms with Gasteiger partial charge in [-0.1, -0.05) is 36.0 Å². The predicted octanol–water partition coefficient (Wildman–Crippen LogP) is 5.28. The van der Waals surface area contributed by atoms with Crippen LogP contribution in [0.4, 0.5) is 11.4 Å². The number of amides is 1. The fraction of sp³-hybridized carbons (Fsp3) is 0.0455. The summed E-state index contributed by atoms with van der Waals surface area (Å²) >= 11 is 1.19. The molecule has 0 fully saturated rings. The number of oxazole rings is 2. The molecule has 158 valence electrons. The average molecular weight is 446 g/mol. The molecule has 1 N–H and O–H groups in total. The lowest BCUT2D eigenvalue weighted by molar-refractivity contribution is -0.384. The molecule has 2 heterocycles. The Labute approximate surface area is 184 Å². The van der Waals surface area contributed by atoms with Crippen molar-refractivity contribution in [3.8, 4) is 11.5 Å². The largest absolute Gasteiger partial charge is 0.436 e. The van der Waals surface area contributed by atoms with E-state index >= 15 is 0 Å². The summed E-state index contributed by atoms with van der Waals surface area (Å²) in [5.74, 6) is 0.0976. The highest BCUT2D eigenvalue weighted by atomic mass is 32.2. The first kappa shape index (κ1) is 19.8. The normalized spacial score (nSPS) is 11.1. The molecule has 0 aliphatic heterocycles. The van der Waals surface area contributed by atoms with Crippen LogP contribution in [0.1, 0.15) is 0 Å². The summed E-state index contributed by atoms with van der Waals surface area (Å²) in [5, 5.41) is 14.3. The molecule has 1 amide bonds. The third-order valence-corrected chi connectivity index (χ3v) is 5.44. The van der Waals surface area contributed by atoms with Crippen molar-refractivity contribution in [3.63, 3.8) is 0 Å². The third kappa shape index (κ3) is 3.91. The Morgan fingerprint density at radius 1 is 0.969 bits per heavy atom. The number of benzene rings is 3. The minimum Gasteiger partial charge on any atom is -0.436 e. The van der Waals surface area contributed by atoms with Gasteiger partial charge in [0.2, 0.25) is 11.8 Å². The van der Waals surface area contributed by atoms with E-state index in [0.717, 1.165) is 5.52 Å². The zero-order valence-electron chi connectivity index (χ0n) is 16.3. The van der Waals surface area contributed by atoms with Crippen LogP contribution in [-0.4, -0.2) is 26.6 Å². The Bertz CT molecular complexity index is 1440. The standard InChI is InChI=1S/C22H14N4O5S/c27-20(12-32-22-25-16-7-3-4-8-18(16)31-22)23-15-6-2-1-5-14(15)21-24-17-11-13(26(28)29)9-10-19(17)30-21/h1-11H,12H2,(H,23,27). The van der Waals surface area contributed by atoms with Crippen LogP contribution >= 0.6 is 11.8 Å². The third-order valence-electron chi connectivity index (χ3n) is 4.61. The van der Waals surface area contributed by atoms with Crippen molar-refractivity contribution in [1.29, 1.82) is 0 Å². The van der Waals surface area contributed by atoms with Crippen LogP contribution in [0.15, 0.2) is 80.8 Å². The van der Waals surface area contributed by atoms with Crippen LogP contribution in [0.2, 0.25) is 0 Å². The molecule has 3 aromatic carbocycles. The fourth-order valence-electron chi connectivity index (χ4n) is 3.15. The van der Waals surface area contributed by atoms with E-state index in [-0.39, 0.29) is 23.2 Å². The van der Waals surface area contributed by atoms with Crippen molar-refractivity contribution in [2.45, 2.75) is 5.22 Å². The molecule has 0 atom stereocenters. The monoisotopic (exact) mass is 446 g/mol. The van der Waals surface area contributed by atoms with E-state index in [1.54, 1.807) is 24.3 Å². The first-order valence-corrected chi connectivity index (χ1v) is 10.5. The van der Waals surface area contributed by atoms with Gasteiger partial charge in [-0.2, -0.15) is 0 Å². The smallest absolute Gasteiger partial charge is 0.271 e. The summed E-state index contributed by atoms with van der Waals surface area (Å²) in [6.07, 6.45) is 0. The second-order valence-electron chi connectivity index (χ2n) is 6.76. The molecule has 0 unspecified atom stereocenters. The highest BCUT2D eigenvalue weighted by Crippen LogP contribution is 2.32. The predicted molar refractivity (Wildman–Crippen MR) is 119 cm³/mol. The molecule has 0 saturated heterocycles. The number of para-hydroxylation sites is 3. The average Bonchev–Trinajstić information content (AvgIpc) is 3.41. The van der Waals surface area contributed by atoms with Crippen LogP contribution in [0.25, 0.3) is 33.7 Å². The SMILES string of the molecule is O=C(CSc1nc2ccccc2o1)Nc1ccccc1-c1nc2cc([N+](=O)[O-])ccc2o1. The van der Waals surface area contributed by atoms with Crippen molar-refractivity contribution >= 4 is 51.2 Å². The van der Waals surface area contributed by atoms with Crippen LogP contribution in [-0.2, 0) is 4.79 Å². The highest BCUT2D eigenvalue weighted by molar-refractivity contribution is 7.99. The van der Waals surface area contributed by atoms with Crippen molar-refractivity contribution in [2.75, 3.05) is 11.1 Å². The van der Waals surface area contributed by atoms with Gasteiger partial charge >= 0.3 is 0 Å². The lowest BCUT2D eigenvalue weighted by atomic mass is 10.2. The van der Waals surface area contributed by atoms with Gasteiger partial charge < -0.3 is 14.2 Å². The van der Waals surface area contributed by atoms with Crippen molar-refractivity contribution in [3.05, 3.63) is 76.8 Å². The first-order chi connectivity index (χ1) is 15.6. The Morgan fingerprint density at radius 2 is 1.75 bits per heavy atom. The molecule has 5 rings (SSSR count). The van der Waals surface area contributed by atoms with Gasteiger partial charge in [-0.15, -0.1) is 0 Å². The van der Waals surface area contributed by atoms with E-state index < -0.39 is 4.92 Å². The second-order valence-corrected chi connectivity index (χ2v) is 7.68. The topological polar surface area (TPSA) is 124 Å². The maximum atomic E-state index is 12.5. The van der Waals surface area contributed by atoms with Crippen molar-refractivity contribution in [1.82, 2.24) is 9.97 Å². The van der Waals surface area contributed by atoms with Gasteiger partial charge in [0.1, 0.15) is 11.0 Å². The first-order valence-electron chi connectivity index (χ1n) is 9.49. The second kappa shape index (κ2) is 8.16. The van der Waals surface area contributed by atoms with Crippen molar-refractivity contribution < 1.29 is 18.6 Å². The maximum absolute atomic E-state index is 12.5. The number of carbonyl (C=O) groups is 1. The van der Waals surface area contributed by atoms with Gasteiger partial charge in [-0.3, -0.25) is 14.9 Å². The summed E-state index contributed by atoms with van der Waals surface area (Å²) in [6, 6.07) is 18.6. The number of aromatic nitrogens is 2. The van der Waals surface area contributed by atoms with Gasteiger partial charge in [0.05, 0.1) is 21.9 Å². The van der Waals surface area contributed by atoms with Crippen LogP contribution in [0.3, 0.4) is 0 Å². The Kier molecular flexibility index (Phi) is 5.04. The van der Waals surface area contributed by atoms with Gasteiger partial charge in [0, 0.05) is 12.1 Å². The number of nitro benzene ring substituents is 1. The lowest BCUT2D eigenvalue weighted by Crippen LogP contribution is -2.14. The zero-order chi connectivity index (χ0) is 22.1. The van der Waals surface area contributed by atoms with E-state index in [0.29, 0.717) is 33.2 Å². The summed E-state index contributed by atoms with van der Waals surface area (Å²) in [5.41, 5.74) is 3.17. The zero-order valence-corrected chi connectivity index (χ0v) is 17.2.